The van der Waals surface area contributed by atoms with E-state index in [2.05, 4.69) is 25.0 Å². The number of piperidine rings is 1. The van der Waals surface area contributed by atoms with Crippen LogP contribution in [0.25, 0.3) is 11.3 Å². The molecule has 0 spiro atoms. The summed E-state index contributed by atoms with van der Waals surface area (Å²) >= 11 is 5.93. The molecule has 9 heteroatoms. The molecule has 1 aromatic carbocycles. The van der Waals surface area contributed by atoms with E-state index in [0.717, 1.165) is 42.1 Å². The summed E-state index contributed by atoms with van der Waals surface area (Å²) in [5.74, 6) is 0.524. The standard InChI is InChI=1S/C25H26ClFN6O/c26-21-16-20(3-4-22(21)27)31-12-14-32(15-13-31)25(34)19-2-1-11-33(17-19)24-6-5-23(29-30-24)18-7-9-28-10-8-18/h3-10,16,19H,1-2,11-15,17H2. The molecule has 2 aliphatic rings. The number of nitrogens with zero attached hydrogens (tertiary/aromatic N) is 6. The first kappa shape index (κ1) is 22.5. The average Bonchev–Trinajstić information content (AvgIpc) is 2.91. The quantitative estimate of drug-likeness (QED) is 0.564. The van der Waals surface area contributed by atoms with E-state index >= 15 is 0 Å². The Kier molecular flexibility index (Phi) is 6.58. The Morgan fingerprint density at radius 2 is 1.74 bits per heavy atom. The van der Waals surface area contributed by atoms with Gasteiger partial charge in [-0.3, -0.25) is 9.78 Å². The number of carbonyl (C=O) groups excluding carboxylic acids is 1. The third-order valence-corrected chi connectivity index (χ3v) is 6.87. The molecule has 5 rings (SSSR count). The van der Waals surface area contributed by atoms with Gasteiger partial charge in [-0.2, -0.15) is 0 Å². The van der Waals surface area contributed by atoms with Crippen LogP contribution in [0.3, 0.4) is 0 Å². The molecule has 1 unspecified atom stereocenters. The normalized spacial score (nSPS) is 18.8. The minimum absolute atomic E-state index is 0.0535. The van der Waals surface area contributed by atoms with Crippen molar-refractivity contribution < 1.29 is 9.18 Å². The van der Waals surface area contributed by atoms with Crippen LogP contribution < -0.4 is 9.80 Å². The largest absolute Gasteiger partial charge is 0.368 e. The number of carbonyl (C=O) groups is 1. The number of hydrogen-bond acceptors (Lipinski definition) is 6. The molecule has 0 bridgehead atoms. The highest BCUT2D eigenvalue weighted by atomic mass is 35.5. The number of pyridine rings is 1. The predicted molar refractivity (Wildman–Crippen MR) is 130 cm³/mol. The Bertz CT molecular complexity index is 1140. The first-order valence-electron chi connectivity index (χ1n) is 11.6. The number of piperazine rings is 1. The smallest absolute Gasteiger partial charge is 0.227 e. The average molecular weight is 481 g/mol. The molecule has 1 atom stereocenters. The molecule has 176 valence electrons. The second kappa shape index (κ2) is 9.93. The van der Waals surface area contributed by atoms with Gasteiger partial charge in [0.05, 0.1) is 16.6 Å². The van der Waals surface area contributed by atoms with Crippen molar-refractivity contribution >= 4 is 29.0 Å². The fourth-order valence-electron chi connectivity index (χ4n) is 4.68. The maximum atomic E-state index is 13.5. The van der Waals surface area contributed by atoms with Crippen LogP contribution in [-0.4, -0.2) is 65.3 Å². The van der Waals surface area contributed by atoms with E-state index in [-0.39, 0.29) is 16.8 Å². The lowest BCUT2D eigenvalue weighted by molar-refractivity contribution is -0.136. The van der Waals surface area contributed by atoms with Crippen molar-refractivity contribution in [2.24, 2.45) is 5.92 Å². The van der Waals surface area contributed by atoms with Crippen LogP contribution in [0, 0.1) is 11.7 Å². The number of amides is 1. The maximum absolute atomic E-state index is 13.5. The van der Waals surface area contributed by atoms with E-state index < -0.39 is 5.82 Å². The molecule has 34 heavy (non-hydrogen) atoms. The van der Waals surface area contributed by atoms with Crippen molar-refractivity contribution in [3.8, 4) is 11.3 Å². The summed E-state index contributed by atoms with van der Waals surface area (Å²) in [6.07, 6.45) is 5.30. The van der Waals surface area contributed by atoms with Crippen LogP contribution in [0.2, 0.25) is 5.02 Å². The second-order valence-corrected chi connectivity index (χ2v) is 9.12. The number of halogens is 2. The van der Waals surface area contributed by atoms with E-state index in [1.807, 2.05) is 29.2 Å². The van der Waals surface area contributed by atoms with Crippen molar-refractivity contribution in [2.45, 2.75) is 12.8 Å². The van der Waals surface area contributed by atoms with Crippen LogP contribution >= 0.6 is 11.6 Å². The van der Waals surface area contributed by atoms with Crippen LogP contribution in [0.1, 0.15) is 12.8 Å². The Labute approximate surface area is 203 Å². The molecular formula is C25H26ClFN6O. The zero-order chi connectivity index (χ0) is 23.5. The predicted octanol–water partition coefficient (Wildman–Crippen LogP) is 3.90. The summed E-state index contributed by atoms with van der Waals surface area (Å²) in [5, 5.41) is 8.93. The Morgan fingerprint density at radius 1 is 0.941 bits per heavy atom. The zero-order valence-electron chi connectivity index (χ0n) is 18.8. The molecule has 2 aromatic heterocycles. The maximum Gasteiger partial charge on any atom is 0.227 e. The fourth-order valence-corrected chi connectivity index (χ4v) is 4.86. The highest BCUT2D eigenvalue weighted by Gasteiger charge is 2.31. The molecule has 2 aliphatic heterocycles. The van der Waals surface area contributed by atoms with Crippen molar-refractivity contribution in [3.63, 3.8) is 0 Å². The van der Waals surface area contributed by atoms with E-state index in [1.54, 1.807) is 24.5 Å². The van der Waals surface area contributed by atoms with Crippen molar-refractivity contribution in [1.29, 1.82) is 0 Å². The fraction of sp³-hybridized carbons (Fsp3) is 0.360. The van der Waals surface area contributed by atoms with Gasteiger partial charge < -0.3 is 14.7 Å². The summed E-state index contributed by atoms with van der Waals surface area (Å²) < 4.78 is 13.5. The lowest BCUT2D eigenvalue weighted by Gasteiger charge is -2.40. The number of rotatable bonds is 4. The van der Waals surface area contributed by atoms with Crippen LogP contribution in [0.15, 0.2) is 54.9 Å². The minimum atomic E-state index is -0.419. The first-order valence-corrected chi connectivity index (χ1v) is 11.9. The molecule has 1 amide bonds. The van der Waals surface area contributed by atoms with Gasteiger partial charge in [0.25, 0.3) is 0 Å². The van der Waals surface area contributed by atoms with E-state index in [4.69, 9.17) is 11.6 Å². The number of hydrogen-bond donors (Lipinski definition) is 0. The van der Waals surface area contributed by atoms with Gasteiger partial charge in [-0.25, -0.2) is 4.39 Å². The van der Waals surface area contributed by atoms with Gasteiger partial charge in [0.1, 0.15) is 5.82 Å². The van der Waals surface area contributed by atoms with E-state index in [9.17, 15) is 9.18 Å². The van der Waals surface area contributed by atoms with Gasteiger partial charge in [-0.1, -0.05) is 11.6 Å². The second-order valence-electron chi connectivity index (χ2n) is 8.71. The minimum Gasteiger partial charge on any atom is -0.368 e. The van der Waals surface area contributed by atoms with Gasteiger partial charge in [0.2, 0.25) is 5.91 Å². The number of benzene rings is 1. The third kappa shape index (κ3) is 4.82. The monoisotopic (exact) mass is 480 g/mol. The lowest BCUT2D eigenvalue weighted by Crippen LogP contribution is -2.52. The summed E-state index contributed by atoms with van der Waals surface area (Å²) in [5.41, 5.74) is 2.66. The van der Waals surface area contributed by atoms with Gasteiger partial charge in [-0.15, -0.1) is 10.2 Å². The third-order valence-electron chi connectivity index (χ3n) is 6.58. The summed E-state index contributed by atoms with van der Waals surface area (Å²) in [7, 11) is 0. The highest BCUT2D eigenvalue weighted by Crippen LogP contribution is 2.27. The molecule has 0 radical (unpaired) electrons. The molecular weight excluding hydrogens is 455 g/mol. The molecule has 0 N–H and O–H groups in total. The topological polar surface area (TPSA) is 65.5 Å². The molecule has 0 saturated carbocycles. The van der Waals surface area contributed by atoms with E-state index in [0.29, 0.717) is 32.7 Å². The number of anilines is 2. The zero-order valence-corrected chi connectivity index (χ0v) is 19.5. The van der Waals surface area contributed by atoms with Gasteiger partial charge in [0.15, 0.2) is 5.82 Å². The summed E-state index contributed by atoms with van der Waals surface area (Å²) in [4.78, 5) is 23.6. The SMILES string of the molecule is O=C(C1CCCN(c2ccc(-c3ccncc3)nn2)C1)N1CCN(c2ccc(F)c(Cl)c2)CC1. The van der Waals surface area contributed by atoms with Crippen LogP contribution in [-0.2, 0) is 4.79 Å². The Balaban J connectivity index is 1.19. The van der Waals surface area contributed by atoms with Gasteiger partial charge >= 0.3 is 0 Å². The van der Waals surface area contributed by atoms with E-state index in [1.165, 1.54) is 6.07 Å². The molecule has 2 fully saturated rings. The molecule has 7 nitrogen and oxygen atoms in total. The number of aromatic nitrogens is 3. The Morgan fingerprint density at radius 3 is 2.44 bits per heavy atom. The first-order chi connectivity index (χ1) is 16.6. The van der Waals surface area contributed by atoms with Gasteiger partial charge in [-0.05, 0) is 55.3 Å². The van der Waals surface area contributed by atoms with Crippen molar-refractivity contribution in [1.82, 2.24) is 20.1 Å². The summed E-state index contributed by atoms with van der Waals surface area (Å²) in [6.45, 7) is 4.20. The summed E-state index contributed by atoms with van der Waals surface area (Å²) in [6, 6.07) is 12.5. The van der Waals surface area contributed by atoms with Crippen molar-refractivity contribution in [2.75, 3.05) is 49.1 Å². The lowest BCUT2D eigenvalue weighted by atomic mass is 9.96. The molecule has 4 heterocycles. The van der Waals surface area contributed by atoms with Crippen LogP contribution in [0.4, 0.5) is 15.9 Å². The van der Waals surface area contributed by atoms with Crippen molar-refractivity contribution in [3.05, 3.63) is 65.7 Å². The van der Waals surface area contributed by atoms with Crippen LogP contribution in [0.5, 0.6) is 0 Å². The molecule has 0 aliphatic carbocycles. The Hall–Kier alpha value is -3.26. The van der Waals surface area contributed by atoms with Gasteiger partial charge in [0, 0.05) is 62.9 Å². The highest BCUT2D eigenvalue weighted by molar-refractivity contribution is 6.31. The molecule has 2 saturated heterocycles. The molecule has 3 aromatic rings.